The van der Waals surface area contributed by atoms with Gasteiger partial charge in [-0.15, -0.1) is 0 Å². The maximum Gasteiger partial charge on any atom is 0.251 e. The van der Waals surface area contributed by atoms with Crippen LogP contribution in [0.5, 0.6) is 0 Å². The molecular formula is C24H28FN3O4S. The summed E-state index contributed by atoms with van der Waals surface area (Å²) in [5.74, 6) is -1.15. The van der Waals surface area contributed by atoms with Crippen LogP contribution in [0, 0.1) is 11.7 Å². The fourth-order valence-electron chi connectivity index (χ4n) is 4.25. The summed E-state index contributed by atoms with van der Waals surface area (Å²) in [4.78, 5) is 26.6. The predicted molar refractivity (Wildman–Crippen MR) is 121 cm³/mol. The Labute approximate surface area is 193 Å². The van der Waals surface area contributed by atoms with Gasteiger partial charge in [0.2, 0.25) is 15.9 Å². The van der Waals surface area contributed by atoms with Gasteiger partial charge in [0.15, 0.2) is 0 Å². The van der Waals surface area contributed by atoms with Gasteiger partial charge in [0.05, 0.1) is 0 Å². The molecule has 2 fully saturated rings. The van der Waals surface area contributed by atoms with Crippen molar-refractivity contribution < 1.29 is 22.4 Å². The van der Waals surface area contributed by atoms with Gasteiger partial charge in [-0.25, -0.2) is 12.8 Å². The molecule has 1 saturated heterocycles. The second kappa shape index (κ2) is 9.61. The Hall–Kier alpha value is -2.78. The van der Waals surface area contributed by atoms with Gasteiger partial charge in [0.25, 0.3) is 5.91 Å². The lowest BCUT2D eigenvalue weighted by molar-refractivity contribution is -0.138. The quantitative estimate of drug-likeness (QED) is 0.670. The van der Waals surface area contributed by atoms with E-state index in [0.29, 0.717) is 24.9 Å². The maximum atomic E-state index is 14.1. The van der Waals surface area contributed by atoms with Crippen LogP contribution in [0.1, 0.15) is 41.6 Å². The summed E-state index contributed by atoms with van der Waals surface area (Å²) in [5, 5.41) is 2.59. The fourth-order valence-corrected chi connectivity index (χ4v) is 5.78. The van der Waals surface area contributed by atoms with Crippen LogP contribution in [0.2, 0.25) is 0 Å². The molecule has 1 N–H and O–H groups in total. The van der Waals surface area contributed by atoms with E-state index in [4.69, 9.17) is 0 Å². The second-order valence-corrected chi connectivity index (χ2v) is 10.5. The third-order valence-electron chi connectivity index (χ3n) is 6.32. The Morgan fingerprint density at radius 3 is 2.24 bits per heavy atom. The summed E-state index contributed by atoms with van der Waals surface area (Å²) in [6.07, 6.45) is 2.74. The predicted octanol–water partition coefficient (Wildman–Crippen LogP) is 2.78. The van der Waals surface area contributed by atoms with Gasteiger partial charge >= 0.3 is 0 Å². The molecular weight excluding hydrogens is 445 g/mol. The van der Waals surface area contributed by atoms with E-state index in [9.17, 15) is 22.4 Å². The molecule has 9 heteroatoms. The third-order valence-corrected chi connectivity index (χ3v) is 8.26. The van der Waals surface area contributed by atoms with Crippen LogP contribution in [0.25, 0.3) is 0 Å². The Balaban J connectivity index is 1.40. The third kappa shape index (κ3) is 5.09. The number of sulfonamides is 1. The zero-order valence-electron chi connectivity index (χ0n) is 18.5. The summed E-state index contributed by atoms with van der Waals surface area (Å²) < 4.78 is 41.0. The van der Waals surface area contributed by atoms with Crippen molar-refractivity contribution in [2.24, 2.45) is 5.92 Å². The molecule has 1 aliphatic heterocycles. The van der Waals surface area contributed by atoms with Crippen molar-refractivity contribution in [1.29, 1.82) is 0 Å². The molecule has 7 nitrogen and oxygen atoms in total. The number of carbonyl (C=O) groups excluding carboxylic acids is 2. The zero-order valence-corrected chi connectivity index (χ0v) is 19.4. The molecule has 1 aliphatic carbocycles. The Morgan fingerprint density at radius 2 is 1.67 bits per heavy atom. The number of hydrogen-bond donors (Lipinski definition) is 1. The SMILES string of the molecule is CNC(=O)c1ccc(CN(C(=O)C2CCN(S(=O)(=O)c3ccccc3F)CC2)C2CC2)cc1. The minimum absolute atomic E-state index is 0.0378. The minimum atomic E-state index is -3.93. The summed E-state index contributed by atoms with van der Waals surface area (Å²) in [7, 11) is -2.35. The van der Waals surface area contributed by atoms with Crippen molar-refractivity contribution in [2.75, 3.05) is 20.1 Å². The molecule has 0 radical (unpaired) electrons. The average Bonchev–Trinajstić information content (AvgIpc) is 3.67. The van der Waals surface area contributed by atoms with Crippen LogP contribution in [0.15, 0.2) is 53.4 Å². The largest absolute Gasteiger partial charge is 0.355 e. The molecule has 1 saturated carbocycles. The first-order valence-corrected chi connectivity index (χ1v) is 12.6. The lowest BCUT2D eigenvalue weighted by Gasteiger charge is -2.34. The number of piperidine rings is 1. The number of rotatable bonds is 7. The van der Waals surface area contributed by atoms with Gasteiger partial charge in [0, 0.05) is 44.2 Å². The molecule has 0 atom stereocenters. The van der Waals surface area contributed by atoms with Crippen molar-refractivity contribution in [3.63, 3.8) is 0 Å². The number of benzene rings is 2. The summed E-state index contributed by atoms with van der Waals surface area (Å²) in [5.41, 5.74) is 1.51. The minimum Gasteiger partial charge on any atom is -0.355 e. The molecule has 2 aromatic rings. The van der Waals surface area contributed by atoms with Crippen molar-refractivity contribution in [3.05, 3.63) is 65.5 Å². The molecule has 176 valence electrons. The lowest BCUT2D eigenvalue weighted by Crippen LogP contribution is -2.45. The summed E-state index contributed by atoms with van der Waals surface area (Å²) in [6.45, 7) is 0.837. The average molecular weight is 474 g/mol. The highest BCUT2D eigenvalue weighted by Gasteiger charge is 2.39. The standard InChI is InChI=1S/C24H28FN3O4S/c1-26-23(29)18-8-6-17(7-9-18)16-28(20-10-11-20)24(30)19-12-14-27(15-13-19)33(31,32)22-5-3-2-4-21(22)25/h2-9,19-20H,10-16H2,1H3,(H,26,29). The number of nitrogens with one attached hydrogen (secondary N) is 1. The molecule has 0 spiro atoms. The molecule has 0 aromatic heterocycles. The van der Waals surface area contributed by atoms with E-state index in [-0.39, 0.29) is 41.8 Å². The smallest absolute Gasteiger partial charge is 0.251 e. The van der Waals surface area contributed by atoms with Crippen LogP contribution in [-0.2, 0) is 21.4 Å². The van der Waals surface area contributed by atoms with Crippen molar-refractivity contribution in [2.45, 2.75) is 43.2 Å². The summed E-state index contributed by atoms with van der Waals surface area (Å²) in [6, 6.07) is 12.8. The highest BCUT2D eigenvalue weighted by Crippen LogP contribution is 2.33. The second-order valence-electron chi connectivity index (χ2n) is 8.58. The van der Waals surface area contributed by atoms with Crippen LogP contribution in [0.3, 0.4) is 0 Å². The topological polar surface area (TPSA) is 86.8 Å². The van der Waals surface area contributed by atoms with Gasteiger partial charge in [-0.05, 0) is 55.5 Å². The first kappa shape index (κ1) is 23.4. The van der Waals surface area contributed by atoms with Crippen LogP contribution in [-0.4, -0.2) is 55.6 Å². The van der Waals surface area contributed by atoms with Crippen molar-refractivity contribution >= 4 is 21.8 Å². The van der Waals surface area contributed by atoms with E-state index >= 15 is 0 Å². The van der Waals surface area contributed by atoms with Crippen molar-refractivity contribution in [1.82, 2.24) is 14.5 Å². The molecule has 1 heterocycles. The lowest BCUT2D eigenvalue weighted by atomic mass is 9.96. The van der Waals surface area contributed by atoms with Crippen LogP contribution >= 0.6 is 0 Å². The first-order chi connectivity index (χ1) is 15.8. The molecule has 0 unspecified atom stereocenters. The molecule has 2 amide bonds. The van der Waals surface area contributed by atoms with E-state index in [1.807, 2.05) is 17.0 Å². The van der Waals surface area contributed by atoms with Gasteiger partial charge < -0.3 is 10.2 Å². The van der Waals surface area contributed by atoms with Gasteiger partial charge in [-0.2, -0.15) is 4.31 Å². The number of halogens is 1. The molecule has 0 bridgehead atoms. The van der Waals surface area contributed by atoms with Gasteiger partial charge in [0.1, 0.15) is 10.7 Å². The van der Waals surface area contributed by atoms with E-state index < -0.39 is 15.8 Å². The molecule has 33 heavy (non-hydrogen) atoms. The van der Waals surface area contributed by atoms with Crippen LogP contribution in [0.4, 0.5) is 4.39 Å². The zero-order chi connectivity index (χ0) is 23.6. The normalized spacial score (nSPS) is 17.5. The van der Waals surface area contributed by atoms with E-state index in [1.165, 1.54) is 22.5 Å². The van der Waals surface area contributed by atoms with E-state index in [1.54, 1.807) is 19.2 Å². The Kier molecular flexibility index (Phi) is 6.81. The maximum absolute atomic E-state index is 14.1. The Bertz CT molecular complexity index is 1120. The number of carbonyl (C=O) groups is 2. The van der Waals surface area contributed by atoms with Gasteiger partial charge in [-0.3, -0.25) is 9.59 Å². The van der Waals surface area contributed by atoms with Gasteiger partial charge in [-0.1, -0.05) is 24.3 Å². The number of hydrogen-bond acceptors (Lipinski definition) is 4. The van der Waals surface area contributed by atoms with E-state index in [2.05, 4.69) is 5.32 Å². The van der Waals surface area contributed by atoms with E-state index in [0.717, 1.165) is 24.5 Å². The highest BCUT2D eigenvalue weighted by atomic mass is 32.2. The monoisotopic (exact) mass is 473 g/mol. The highest BCUT2D eigenvalue weighted by molar-refractivity contribution is 7.89. The van der Waals surface area contributed by atoms with Crippen molar-refractivity contribution in [3.8, 4) is 0 Å². The summed E-state index contributed by atoms with van der Waals surface area (Å²) >= 11 is 0. The number of nitrogens with zero attached hydrogens (tertiary/aromatic N) is 2. The molecule has 2 aromatic carbocycles. The molecule has 4 rings (SSSR count). The van der Waals surface area contributed by atoms with Crippen LogP contribution < -0.4 is 5.32 Å². The first-order valence-electron chi connectivity index (χ1n) is 11.2. The Morgan fingerprint density at radius 1 is 1.03 bits per heavy atom. The number of amides is 2. The molecule has 2 aliphatic rings. The fraction of sp³-hybridized carbons (Fsp3) is 0.417.